The van der Waals surface area contributed by atoms with E-state index in [9.17, 15) is 9.59 Å². The summed E-state index contributed by atoms with van der Waals surface area (Å²) in [4.78, 5) is 25.7. The van der Waals surface area contributed by atoms with Crippen molar-refractivity contribution in [2.24, 2.45) is 0 Å². The fourth-order valence-corrected chi connectivity index (χ4v) is 3.02. The maximum Gasteiger partial charge on any atom is 0.268 e. The van der Waals surface area contributed by atoms with E-state index in [1.165, 1.54) is 18.9 Å². The van der Waals surface area contributed by atoms with Crippen LogP contribution in [0.1, 0.15) is 36.2 Å². The second-order valence-corrected chi connectivity index (χ2v) is 5.21. The van der Waals surface area contributed by atoms with E-state index in [2.05, 4.69) is 15.6 Å². The number of carbonyl (C=O) groups is 1. The van der Waals surface area contributed by atoms with Crippen molar-refractivity contribution in [3.8, 4) is 0 Å². The summed E-state index contributed by atoms with van der Waals surface area (Å²) in [6, 6.07) is 5.95. The van der Waals surface area contributed by atoms with E-state index in [4.69, 9.17) is 0 Å². The fraction of sp³-hybridized carbons (Fsp3) is 0.538. The first kappa shape index (κ1) is 11.5. The van der Waals surface area contributed by atoms with Crippen molar-refractivity contribution in [1.29, 1.82) is 0 Å². The van der Waals surface area contributed by atoms with Crippen molar-refractivity contribution < 1.29 is 4.79 Å². The minimum Gasteiger partial charge on any atom is -0.348 e. The Morgan fingerprint density at radius 2 is 1.94 bits per heavy atom. The minimum atomic E-state index is -0.243. The molecule has 1 aromatic rings. The van der Waals surface area contributed by atoms with Crippen LogP contribution < -0.4 is 16.2 Å². The van der Waals surface area contributed by atoms with Gasteiger partial charge in [-0.1, -0.05) is 6.07 Å². The molecule has 2 aliphatic heterocycles. The number of carbonyl (C=O) groups excluding carboxylic acids is 1. The summed E-state index contributed by atoms with van der Waals surface area (Å²) in [5.74, 6) is -0.181. The summed E-state index contributed by atoms with van der Waals surface area (Å²) in [7, 11) is 0. The van der Waals surface area contributed by atoms with Crippen LogP contribution in [0.15, 0.2) is 23.0 Å². The third-order valence-electron chi connectivity index (χ3n) is 3.82. The van der Waals surface area contributed by atoms with E-state index < -0.39 is 0 Å². The van der Waals surface area contributed by atoms with Crippen molar-refractivity contribution in [3.63, 3.8) is 0 Å². The van der Waals surface area contributed by atoms with Gasteiger partial charge in [-0.3, -0.25) is 9.59 Å². The van der Waals surface area contributed by atoms with Crippen LogP contribution in [0.5, 0.6) is 0 Å². The molecule has 2 fully saturated rings. The van der Waals surface area contributed by atoms with Gasteiger partial charge < -0.3 is 15.6 Å². The van der Waals surface area contributed by atoms with Crippen LogP contribution in [0.3, 0.4) is 0 Å². The lowest BCUT2D eigenvalue weighted by Gasteiger charge is -2.29. The monoisotopic (exact) mass is 247 g/mol. The summed E-state index contributed by atoms with van der Waals surface area (Å²) >= 11 is 0. The van der Waals surface area contributed by atoms with Crippen LogP contribution in [0.4, 0.5) is 0 Å². The van der Waals surface area contributed by atoms with E-state index in [1.54, 1.807) is 12.1 Å². The van der Waals surface area contributed by atoms with Gasteiger partial charge in [-0.25, -0.2) is 0 Å². The number of rotatable bonds is 2. The Bertz CT molecular complexity index is 499. The van der Waals surface area contributed by atoms with Crippen LogP contribution in [-0.2, 0) is 0 Å². The Morgan fingerprint density at radius 3 is 2.61 bits per heavy atom. The number of fused-ring (bicyclic) bond motifs is 2. The number of hydrogen-bond acceptors (Lipinski definition) is 3. The van der Waals surface area contributed by atoms with Crippen LogP contribution in [-0.4, -0.2) is 29.0 Å². The number of aromatic nitrogens is 1. The second kappa shape index (κ2) is 4.57. The quantitative estimate of drug-likeness (QED) is 0.707. The van der Waals surface area contributed by atoms with Crippen LogP contribution >= 0.6 is 0 Å². The average molecular weight is 247 g/mol. The van der Waals surface area contributed by atoms with Crippen LogP contribution in [0.25, 0.3) is 0 Å². The average Bonchev–Trinajstić information content (AvgIpc) is 2.69. The minimum absolute atomic E-state index is 0.181. The van der Waals surface area contributed by atoms with Crippen molar-refractivity contribution in [2.75, 3.05) is 0 Å². The van der Waals surface area contributed by atoms with Crippen molar-refractivity contribution in [3.05, 3.63) is 34.2 Å². The number of H-pyrrole nitrogens is 1. The van der Waals surface area contributed by atoms with Crippen LogP contribution in [0.2, 0.25) is 0 Å². The lowest BCUT2D eigenvalue weighted by molar-refractivity contribution is 0.0918. The van der Waals surface area contributed by atoms with E-state index in [-0.39, 0.29) is 17.5 Å². The predicted octanol–water partition coefficient (Wildman–Crippen LogP) is 0.388. The van der Waals surface area contributed by atoms with Gasteiger partial charge in [-0.15, -0.1) is 0 Å². The zero-order valence-electron chi connectivity index (χ0n) is 10.1. The first-order valence-electron chi connectivity index (χ1n) is 6.47. The second-order valence-electron chi connectivity index (χ2n) is 5.21. The molecule has 1 aromatic heterocycles. The molecule has 3 heterocycles. The Morgan fingerprint density at radius 1 is 1.22 bits per heavy atom. The highest BCUT2D eigenvalue weighted by molar-refractivity contribution is 5.92. The maximum atomic E-state index is 12.0. The number of nitrogens with one attached hydrogen (secondary N) is 3. The van der Waals surface area contributed by atoms with Crippen molar-refractivity contribution >= 4 is 5.91 Å². The van der Waals surface area contributed by atoms with Crippen molar-refractivity contribution in [2.45, 2.75) is 43.8 Å². The Hall–Kier alpha value is -1.62. The standard InChI is InChI=1S/C13H17N3O2/c17-12-3-1-2-11(16-12)13(18)15-10-6-8-4-5-9(7-10)14-8/h1-3,8-10,14H,4-7H2,(H,15,18)(H,16,17). The van der Waals surface area contributed by atoms with Gasteiger partial charge in [0.2, 0.25) is 5.56 Å². The predicted molar refractivity (Wildman–Crippen MR) is 67.5 cm³/mol. The van der Waals surface area contributed by atoms with E-state index >= 15 is 0 Å². The summed E-state index contributed by atoms with van der Waals surface area (Å²) in [6.45, 7) is 0. The van der Waals surface area contributed by atoms with E-state index in [0.29, 0.717) is 17.8 Å². The molecule has 2 saturated heterocycles. The smallest absolute Gasteiger partial charge is 0.268 e. The van der Waals surface area contributed by atoms with Crippen LogP contribution in [0, 0.1) is 0 Å². The highest BCUT2D eigenvalue weighted by Gasteiger charge is 2.34. The highest BCUT2D eigenvalue weighted by atomic mass is 16.2. The van der Waals surface area contributed by atoms with Gasteiger partial charge in [0.25, 0.3) is 5.91 Å². The molecule has 2 bridgehead atoms. The summed E-state index contributed by atoms with van der Waals surface area (Å²) in [6.07, 6.45) is 4.39. The lowest BCUT2D eigenvalue weighted by Crippen LogP contribution is -2.48. The number of pyridine rings is 1. The molecule has 0 aliphatic carbocycles. The van der Waals surface area contributed by atoms with E-state index in [0.717, 1.165) is 12.8 Å². The van der Waals surface area contributed by atoms with E-state index in [1.807, 2.05) is 0 Å². The molecule has 3 N–H and O–H groups in total. The molecule has 5 nitrogen and oxygen atoms in total. The SMILES string of the molecule is O=C(NC1CC2CCC(C1)N2)c1cccc(=O)[nH]1. The molecule has 0 saturated carbocycles. The lowest BCUT2D eigenvalue weighted by atomic mass is 10.00. The van der Waals surface area contributed by atoms with Gasteiger partial charge in [0.15, 0.2) is 0 Å². The third kappa shape index (κ3) is 2.31. The topological polar surface area (TPSA) is 74.0 Å². The van der Waals surface area contributed by atoms with Crippen molar-refractivity contribution in [1.82, 2.24) is 15.6 Å². The molecule has 2 unspecified atom stereocenters. The largest absolute Gasteiger partial charge is 0.348 e. The summed E-state index contributed by atoms with van der Waals surface area (Å²) in [5.41, 5.74) is 0.0985. The molecule has 2 aliphatic rings. The zero-order chi connectivity index (χ0) is 12.5. The molecular formula is C13H17N3O2. The van der Waals surface area contributed by atoms with Gasteiger partial charge in [0, 0.05) is 24.2 Å². The van der Waals surface area contributed by atoms with Gasteiger partial charge in [0.05, 0.1) is 0 Å². The number of aromatic amines is 1. The maximum absolute atomic E-state index is 12.0. The highest BCUT2D eigenvalue weighted by Crippen LogP contribution is 2.26. The molecule has 2 atom stereocenters. The molecule has 5 heteroatoms. The number of piperidine rings is 1. The zero-order valence-corrected chi connectivity index (χ0v) is 10.1. The molecule has 18 heavy (non-hydrogen) atoms. The molecule has 0 spiro atoms. The molecule has 1 amide bonds. The molecule has 3 rings (SSSR count). The molecular weight excluding hydrogens is 230 g/mol. The third-order valence-corrected chi connectivity index (χ3v) is 3.82. The molecule has 0 aromatic carbocycles. The molecule has 0 radical (unpaired) electrons. The van der Waals surface area contributed by atoms with Gasteiger partial charge in [-0.05, 0) is 31.7 Å². The Labute approximate surface area is 105 Å². The first-order chi connectivity index (χ1) is 8.70. The normalized spacial score (nSPS) is 30.1. The summed E-state index contributed by atoms with van der Waals surface area (Å²) < 4.78 is 0. The Kier molecular flexibility index (Phi) is 2.91. The fourth-order valence-electron chi connectivity index (χ4n) is 3.02. The Balaban J connectivity index is 1.66. The van der Waals surface area contributed by atoms with Gasteiger partial charge in [0.1, 0.15) is 5.69 Å². The van der Waals surface area contributed by atoms with Gasteiger partial charge >= 0.3 is 0 Å². The van der Waals surface area contributed by atoms with Gasteiger partial charge in [-0.2, -0.15) is 0 Å². The number of amides is 1. The molecule has 96 valence electrons. The number of hydrogen-bond donors (Lipinski definition) is 3. The first-order valence-corrected chi connectivity index (χ1v) is 6.47. The summed E-state index contributed by atoms with van der Waals surface area (Å²) in [5, 5.41) is 6.55.